The third-order valence-electron chi connectivity index (χ3n) is 4.58. The largest absolute Gasteiger partial charge is 0.493 e. The summed E-state index contributed by atoms with van der Waals surface area (Å²) in [7, 11) is -3.41. The number of hydrogen-bond donors (Lipinski definition) is 3. The molecular formula is C21H28N4O3S. The van der Waals surface area contributed by atoms with Crippen LogP contribution in [0.25, 0.3) is 0 Å². The second-order valence-electron chi connectivity index (χ2n) is 7.37. The predicted octanol–water partition coefficient (Wildman–Crippen LogP) is 2.44. The predicted molar refractivity (Wildman–Crippen MR) is 115 cm³/mol. The van der Waals surface area contributed by atoms with Crippen molar-refractivity contribution in [2.75, 3.05) is 6.61 Å². The lowest BCUT2D eigenvalue weighted by Crippen LogP contribution is -2.37. The van der Waals surface area contributed by atoms with Crippen molar-refractivity contribution in [2.24, 2.45) is 10.7 Å². The molecule has 0 radical (unpaired) electrons. The van der Waals surface area contributed by atoms with Crippen LogP contribution in [0.2, 0.25) is 0 Å². The molecule has 0 aliphatic carbocycles. The summed E-state index contributed by atoms with van der Waals surface area (Å²) in [4.78, 5) is 4.44. The highest BCUT2D eigenvalue weighted by molar-refractivity contribution is 7.88. The maximum Gasteiger partial charge on any atom is 0.216 e. The smallest absolute Gasteiger partial charge is 0.216 e. The van der Waals surface area contributed by atoms with Crippen LogP contribution in [0.4, 0.5) is 0 Å². The highest BCUT2D eigenvalue weighted by Gasteiger charge is 2.21. The number of hydrogen-bond acceptors (Lipinski definition) is 4. The fourth-order valence-corrected chi connectivity index (χ4v) is 4.84. The van der Waals surface area contributed by atoms with E-state index in [1.54, 1.807) is 13.8 Å². The normalized spacial score (nSPS) is 16.9. The summed E-state index contributed by atoms with van der Waals surface area (Å²) >= 11 is 0. The van der Waals surface area contributed by atoms with E-state index in [1.165, 1.54) is 0 Å². The number of benzene rings is 2. The Hall–Kier alpha value is -2.58. The number of para-hydroxylation sites is 1. The minimum Gasteiger partial charge on any atom is -0.493 e. The van der Waals surface area contributed by atoms with Crippen molar-refractivity contribution in [3.63, 3.8) is 0 Å². The summed E-state index contributed by atoms with van der Waals surface area (Å²) in [5.74, 6) is 1.10. The SMILES string of the molecule is CC(C)NS(=O)(=O)Cc1ccccc1CN=C(N)NC1CCOc2ccccc21. The van der Waals surface area contributed by atoms with E-state index in [0.29, 0.717) is 24.7 Å². The van der Waals surface area contributed by atoms with E-state index in [9.17, 15) is 8.42 Å². The van der Waals surface area contributed by atoms with E-state index >= 15 is 0 Å². The first kappa shape index (κ1) is 21.1. The fourth-order valence-electron chi connectivity index (χ4n) is 3.34. The minimum absolute atomic E-state index is 0.0366. The maximum atomic E-state index is 12.3. The van der Waals surface area contributed by atoms with Crippen molar-refractivity contribution in [3.05, 3.63) is 65.2 Å². The number of guanidine groups is 1. The Kier molecular flexibility index (Phi) is 6.76. The van der Waals surface area contributed by atoms with Gasteiger partial charge in [0, 0.05) is 18.0 Å². The number of sulfonamides is 1. The molecule has 156 valence electrons. The third-order valence-corrected chi connectivity index (χ3v) is 6.10. The zero-order valence-corrected chi connectivity index (χ0v) is 17.6. The zero-order valence-electron chi connectivity index (χ0n) is 16.8. The lowest BCUT2D eigenvalue weighted by atomic mass is 10.0. The van der Waals surface area contributed by atoms with Gasteiger partial charge >= 0.3 is 0 Å². The van der Waals surface area contributed by atoms with E-state index in [2.05, 4.69) is 15.0 Å². The molecular weight excluding hydrogens is 388 g/mol. The van der Waals surface area contributed by atoms with Crippen LogP contribution in [0.15, 0.2) is 53.5 Å². The van der Waals surface area contributed by atoms with Gasteiger partial charge in [-0.05, 0) is 31.0 Å². The standard InChI is InChI=1S/C21H28N4O3S/c1-15(2)25-29(26,27)14-17-8-4-3-7-16(17)13-23-21(22)24-19-11-12-28-20-10-6-5-9-18(19)20/h3-10,15,19,25H,11-14H2,1-2H3,(H3,22,23,24). The van der Waals surface area contributed by atoms with E-state index in [-0.39, 0.29) is 17.8 Å². The van der Waals surface area contributed by atoms with Crippen molar-refractivity contribution in [1.82, 2.24) is 10.0 Å². The summed E-state index contributed by atoms with van der Waals surface area (Å²) in [6.07, 6.45) is 0.795. The molecule has 2 aromatic rings. The Morgan fingerprint density at radius 1 is 1.17 bits per heavy atom. The van der Waals surface area contributed by atoms with Gasteiger partial charge < -0.3 is 15.8 Å². The van der Waals surface area contributed by atoms with Crippen LogP contribution < -0.4 is 20.5 Å². The van der Waals surface area contributed by atoms with Crippen molar-refractivity contribution in [1.29, 1.82) is 0 Å². The van der Waals surface area contributed by atoms with Gasteiger partial charge in [-0.2, -0.15) is 0 Å². The Balaban J connectivity index is 1.69. The van der Waals surface area contributed by atoms with Gasteiger partial charge in [0.2, 0.25) is 10.0 Å². The molecule has 1 aliphatic heterocycles. The molecule has 29 heavy (non-hydrogen) atoms. The summed E-state index contributed by atoms with van der Waals surface area (Å²) in [6.45, 7) is 4.52. The van der Waals surface area contributed by atoms with Crippen LogP contribution in [0.3, 0.4) is 0 Å². The summed E-state index contributed by atoms with van der Waals surface area (Å²) in [5.41, 5.74) is 8.73. The molecule has 0 spiro atoms. The van der Waals surface area contributed by atoms with Crippen LogP contribution in [0, 0.1) is 0 Å². The minimum atomic E-state index is -3.41. The Bertz CT molecular complexity index is 973. The molecule has 8 heteroatoms. The highest BCUT2D eigenvalue weighted by Crippen LogP contribution is 2.31. The molecule has 3 rings (SSSR count). The second kappa shape index (κ2) is 9.28. The lowest BCUT2D eigenvalue weighted by Gasteiger charge is -2.27. The zero-order chi connectivity index (χ0) is 20.9. The molecule has 0 amide bonds. The number of nitrogens with two attached hydrogens (primary N) is 1. The lowest BCUT2D eigenvalue weighted by molar-refractivity contribution is 0.262. The van der Waals surface area contributed by atoms with E-state index in [4.69, 9.17) is 10.5 Å². The number of nitrogens with one attached hydrogen (secondary N) is 2. The van der Waals surface area contributed by atoms with Crippen LogP contribution in [-0.2, 0) is 22.3 Å². The first-order chi connectivity index (χ1) is 13.8. The van der Waals surface area contributed by atoms with Gasteiger partial charge in [0.1, 0.15) is 5.75 Å². The van der Waals surface area contributed by atoms with Gasteiger partial charge in [0.25, 0.3) is 0 Å². The fraction of sp³-hybridized carbons (Fsp3) is 0.381. The van der Waals surface area contributed by atoms with E-state index in [1.807, 2.05) is 48.5 Å². The van der Waals surface area contributed by atoms with Crippen molar-refractivity contribution < 1.29 is 13.2 Å². The number of ether oxygens (including phenoxy) is 1. The Morgan fingerprint density at radius 2 is 1.86 bits per heavy atom. The van der Waals surface area contributed by atoms with Crippen molar-refractivity contribution >= 4 is 16.0 Å². The average molecular weight is 417 g/mol. The molecule has 0 fully saturated rings. The Morgan fingerprint density at radius 3 is 2.62 bits per heavy atom. The van der Waals surface area contributed by atoms with Crippen LogP contribution in [-0.4, -0.2) is 27.0 Å². The average Bonchev–Trinajstić information content (AvgIpc) is 2.66. The molecule has 1 atom stereocenters. The summed E-state index contributed by atoms with van der Waals surface area (Å²) in [5, 5.41) is 3.26. The molecule has 1 unspecified atom stereocenters. The molecule has 0 saturated heterocycles. The second-order valence-corrected chi connectivity index (χ2v) is 9.13. The molecule has 2 aromatic carbocycles. The van der Waals surface area contributed by atoms with Gasteiger partial charge in [-0.1, -0.05) is 42.5 Å². The number of aliphatic imine (C=N–C) groups is 1. The van der Waals surface area contributed by atoms with Crippen molar-refractivity contribution in [2.45, 2.75) is 44.6 Å². The molecule has 1 heterocycles. The summed E-state index contributed by atoms with van der Waals surface area (Å²) in [6, 6.07) is 15.1. The first-order valence-electron chi connectivity index (χ1n) is 9.69. The van der Waals surface area contributed by atoms with Gasteiger partial charge in [-0.3, -0.25) is 0 Å². The molecule has 4 N–H and O–H groups in total. The monoisotopic (exact) mass is 416 g/mol. The van der Waals surface area contributed by atoms with Crippen molar-refractivity contribution in [3.8, 4) is 5.75 Å². The van der Waals surface area contributed by atoms with E-state index < -0.39 is 10.0 Å². The van der Waals surface area contributed by atoms with Crippen LogP contribution >= 0.6 is 0 Å². The van der Waals surface area contributed by atoms with Gasteiger partial charge in [-0.25, -0.2) is 18.1 Å². The Labute approximate surface area is 172 Å². The molecule has 0 bridgehead atoms. The summed E-state index contributed by atoms with van der Waals surface area (Å²) < 4.78 is 32.9. The van der Waals surface area contributed by atoms with E-state index in [0.717, 1.165) is 23.3 Å². The third kappa shape index (κ3) is 5.95. The van der Waals surface area contributed by atoms with Crippen LogP contribution in [0.1, 0.15) is 43.0 Å². The van der Waals surface area contributed by atoms with Gasteiger partial charge in [-0.15, -0.1) is 0 Å². The highest BCUT2D eigenvalue weighted by atomic mass is 32.2. The topological polar surface area (TPSA) is 106 Å². The molecule has 1 aliphatic rings. The maximum absolute atomic E-state index is 12.3. The number of nitrogens with zero attached hydrogens (tertiary/aromatic N) is 1. The molecule has 7 nitrogen and oxygen atoms in total. The molecule has 0 aromatic heterocycles. The first-order valence-corrected chi connectivity index (χ1v) is 11.3. The quantitative estimate of drug-likeness (QED) is 0.475. The van der Waals surface area contributed by atoms with Gasteiger partial charge in [0.05, 0.1) is 24.9 Å². The van der Waals surface area contributed by atoms with Crippen LogP contribution in [0.5, 0.6) is 5.75 Å². The number of fused-ring (bicyclic) bond motifs is 1. The molecule has 0 saturated carbocycles. The number of rotatable bonds is 7. The van der Waals surface area contributed by atoms with Gasteiger partial charge in [0.15, 0.2) is 5.96 Å².